The van der Waals surface area contributed by atoms with Gasteiger partial charge in [0, 0.05) is 22.7 Å². The standard InChI is InChI=1S/C21H23N3O4/c1-13(2)28-18-11-7-16(8-12-18)21(27)24-23-20(26)15-5-9-17(10-6-15)22-19(25)14-3-4-14/h5-14H,3-4H2,1-2H3,(H,22,25)(H,23,26)(H,24,27). The summed E-state index contributed by atoms with van der Waals surface area (Å²) in [5, 5.41) is 2.81. The maximum absolute atomic E-state index is 12.2. The predicted octanol–water partition coefficient (Wildman–Crippen LogP) is 2.90. The number of hydrogen-bond acceptors (Lipinski definition) is 4. The lowest BCUT2D eigenvalue weighted by Crippen LogP contribution is -2.41. The van der Waals surface area contributed by atoms with Crippen molar-refractivity contribution in [3.8, 4) is 5.75 Å². The number of carbonyl (C=O) groups is 3. The van der Waals surface area contributed by atoms with Gasteiger partial charge in [0.25, 0.3) is 11.8 Å². The number of rotatable bonds is 6. The first-order valence-electron chi connectivity index (χ1n) is 9.20. The maximum Gasteiger partial charge on any atom is 0.269 e. The molecule has 1 aliphatic carbocycles. The van der Waals surface area contributed by atoms with Gasteiger partial charge in [-0.25, -0.2) is 0 Å². The summed E-state index contributed by atoms with van der Waals surface area (Å²) in [5.74, 6) is -0.0890. The zero-order chi connectivity index (χ0) is 20.1. The highest BCUT2D eigenvalue weighted by atomic mass is 16.5. The van der Waals surface area contributed by atoms with Gasteiger partial charge in [0.2, 0.25) is 5.91 Å². The summed E-state index contributed by atoms with van der Waals surface area (Å²) in [6.45, 7) is 3.84. The third-order valence-electron chi connectivity index (χ3n) is 4.14. The molecule has 1 saturated carbocycles. The summed E-state index contributed by atoms with van der Waals surface area (Å²) in [5.41, 5.74) is 6.16. The molecule has 0 aromatic heterocycles. The Morgan fingerprint density at radius 1 is 0.857 bits per heavy atom. The van der Waals surface area contributed by atoms with Crippen LogP contribution in [0.15, 0.2) is 48.5 Å². The minimum Gasteiger partial charge on any atom is -0.491 e. The summed E-state index contributed by atoms with van der Waals surface area (Å²) in [6, 6.07) is 13.1. The third kappa shape index (κ3) is 5.33. The van der Waals surface area contributed by atoms with Crippen molar-refractivity contribution in [3.63, 3.8) is 0 Å². The van der Waals surface area contributed by atoms with E-state index in [2.05, 4.69) is 16.2 Å². The lowest BCUT2D eigenvalue weighted by Gasteiger charge is -2.11. The van der Waals surface area contributed by atoms with Gasteiger partial charge in [-0.3, -0.25) is 25.2 Å². The van der Waals surface area contributed by atoms with E-state index in [1.54, 1.807) is 48.5 Å². The number of hydrogen-bond donors (Lipinski definition) is 3. The highest BCUT2D eigenvalue weighted by Crippen LogP contribution is 2.30. The van der Waals surface area contributed by atoms with Gasteiger partial charge in [-0.05, 0) is 75.2 Å². The Labute approximate surface area is 163 Å². The first kappa shape index (κ1) is 19.4. The van der Waals surface area contributed by atoms with Crippen LogP contribution in [0.4, 0.5) is 5.69 Å². The van der Waals surface area contributed by atoms with Crippen molar-refractivity contribution in [2.75, 3.05) is 5.32 Å². The molecule has 0 radical (unpaired) electrons. The Bertz CT molecular complexity index is 856. The van der Waals surface area contributed by atoms with Crippen LogP contribution in [0, 0.1) is 5.92 Å². The van der Waals surface area contributed by atoms with Crippen LogP contribution in [0.25, 0.3) is 0 Å². The van der Waals surface area contributed by atoms with Gasteiger partial charge in [-0.15, -0.1) is 0 Å². The fraction of sp³-hybridized carbons (Fsp3) is 0.286. The van der Waals surface area contributed by atoms with Crippen molar-refractivity contribution in [3.05, 3.63) is 59.7 Å². The fourth-order valence-corrected chi connectivity index (χ4v) is 2.51. The van der Waals surface area contributed by atoms with Crippen LogP contribution < -0.4 is 20.9 Å². The van der Waals surface area contributed by atoms with Crippen LogP contribution in [0.3, 0.4) is 0 Å². The van der Waals surface area contributed by atoms with Gasteiger partial charge in [-0.2, -0.15) is 0 Å². The highest BCUT2D eigenvalue weighted by Gasteiger charge is 2.29. The lowest BCUT2D eigenvalue weighted by molar-refractivity contribution is -0.117. The van der Waals surface area contributed by atoms with Crippen molar-refractivity contribution in [1.82, 2.24) is 10.9 Å². The lowest BCUT2D eigenvalue weighted by atomic mass is 10.2. The Morgan fingerprint density at radius 2 is 1.36 bits per heavy atom. The molecule has 0 spiro atoms. The van der Waals surface area contributed by atoms with Crippen LogP contribution in [0.5, 0.6) is 5.75 Å². The molecule has 2 aromatic carbocycles. The van der Waals surface area contributed by atoms with E-state index in [4.69, 9.17) is 4.74 Å². The molecule has 3 rings (SSSR count). The molecule has 0 aliphatic heterocycles. The zero-order valence-electron chi connectivity index (χ0n) is 15.8. The Balaban J connectivity index is 1.50. The van der Waals surface area contributed by atoms with E-state index >= 15 is 0 Å². The van der Waals surface area contributed by atoms with Gasteiger partial charge < -0.3 is 10.1 Å². The van der Waals surface area contributed by atoms with Gasteiger partial charge >= 0.3 is 0 Å². The summed E-state index contributed by atoms with van der Waals surface area (Å²) in [6.07, 6.45) is 1.91. The van der Waals surface area contributed by atoms with E-state index in [9.17, 15) is 14.4 Å². The summed E-state index contributed by atoms with van der Waals surface area (Å²) in [7, 11) is 0. The molecule has 0 unspecified atom stereocenters. The minimum absolute atomic E-state index is 0.00859. The molecule has 0 heterocycles. The average molecular weight is 381 g/mol. The van der Waals surface area contributed by atoms with Crippen molar-refractivity contribution in [1.29, 1.82) is 0 Å². The Hall–Kier alpha value is -3.35. The maximum atomic E-state index is 12.2. The largest absolute Gasteiger partial charge is 0.491 e. The first-order chi connectivity index (χ1) is 13.4. The van der Waals surface area contributed by atoms with Crippen molar-refractivity contribution < 1.29 is 19.1 Å². The number of benzene rings is 2. The third-order valence-corrected chi connectivity index (χ3v) is 4.14. The van der Waals surface area contributed by atoms with Crippen molar-refractivity contribution >= 4 is 23.4 Å². The number of nitrogens with one attached hydrogen (secondary N) is 3. The molecule has 0 atom stereocenters. The van der Waals surface area contributed by atoms with Gasteiger partial charge in [0.1, 0.15) is 5.75 Å². The van der Waals surface area contributed by atoms with Gasteiger partial charge in [-0.1, -0.05) is 0 Å². The summed E-state index contributed by atoms with van der Waals surface area (Å²) in [4.78, 5) is 36.1. The van der Waals surface area contributed by atoms with E-state index < -0.39 is 11.8 Å². The molecular weight excluding hydrogens is 358 g/mol. The molecule has 7 nitrogen and oxygen atoms in total. The average Bonchev–Trinajstić information content (AvgIpc) is 3.52. The number of carbonyl (C=O) groups excluding carboxylic acids is 3. The van der Waals surface area contributed by atoms with E-state index in [-0.39, 0.29) is 17.9 Å². The number of anilines is 1. The molecule has 7 heteroatoms. The van der Waals surface area contributed by atoms with Crippen LogP contribution in [-0.4, -0.2) is 23.8 Å². The molecule has 0 bridgehead atoms. The molecule has 2 aromatic rings. The van der Waals surface area contributed by atoms with Crippen molar-refractivity contribution in [2.24, 2.45) is 5.92 Å². The molecule has 146 valence electrons. The second-order valence-electron chi connectivity index (χ2n) is 6.94. The smallest absolute Gasteiger partial charge is 0.269 e. The molecule has 3 amide bonds. The van der Waals surface area contributed by atoms with Crippen LogP contribution in [0.1, 0.15) is 47.4 Å². The fourth-order valence-electron chi connectivity index (χ4n) is 2.51. The number of amides is 3. The molecule has 28 heavy (non-hydrogen) atoms. The normalized spacial score (nSPS) is 13.0. The van der Waals surface area contributed by atoms with Gasteiger partial charge in [0.15, 0.2) is 0 Å². The molecule has 1 fully saturated rings. The predicted molar refractivity (Wildman–Crippen MR) is 105 cm³/mol. The SMILES string of the molecule is CC(C)Oc1ccc(C(=O)NNC(=O)c2ccc(NC(=O)C3CC3)cc2)cc1. The second-order valence-corrected chi connectivity index (χ2v) is 6.94. The summed E-state index contributed by atoms with van der Waals surface area (Å²) >= 11 is 0. The van der Waals surface area contributed by atoms with E-state index in [1.807, 2.05) is 13.8 Å². The first-order valence-corrected chi connectivity index (χ1v) is 9.20. The highest BCUT2D eigenvalue weighted by molar-refractivity contribution is 5.99. The Kier molecular flexibility index (Phi) is 5.93. The van der Waals surface area contributed by atoms with Crippen LogP contribution in [-0.2, 0) is 4.79 Å². The monoisotopic (exact) mass is 381 g/mol. The Morgan fingerprint density at radius 3 is 1.82 bits per heavy atom. The van der Waals surface area contributed by atoms with Gasteiger partial charge in [0.05, 0.1) is 6.10 Å². The topological polar surface area (TPSA) is 96.5 Å². The van der Waals surface area contributed by atoms with E-state index in [1.165, 1.54) is 0 Å². The van der Waals surface area contributed by atoms with Crippen molar-refractivity contribution in [2.45, 2.75) is 32.8 Å². The minimum atomic E-state index is -0.451. The number of ether oxygens (including phenoxy) is 1. The second kappa shape index (κ2) is 8.56. The molecule has 1 aliphatic rings. The van der Waals surface area contributed by atoms with E-state index in [0.717, 1.165) is 12.8 Å². The quantitative estimate of drug-likeness (QED) is 0.671. The number of hydrazine groups is 1. The zero-order valence-corrected chi connectivity index (χ0v) is 15.8. The van der Waals surface area contributed by atoms with Crippen LogP contribution in [0.2, 0.25) is 0 Å². The molecule has 3 N–H and O–H groups in total. The molecule has 0 saturated heterocycles. The van der Waals surface area contributed by atoms with Crippen LogP contribution >= 0.6 is 0 Å². The summed E-state index contributed by atoms with van der Waals surface area (Å²) < 4.78 is 5.53. The molecular formula is C21H23N3O4. The van der Waals surface area contributed by atoms with E-state index in [0.29, 0.717) is 22.6 Å².